The van der Waals surface area contributed by atoms with E-state index in [4.69, 9.17) is 0 Å². The number of pyridine rings is 1. The molecular formula is C14H19N3O2. The summed E-state index contributed by atoms with van der Waals surface area (Å²) in [4.78, 5) is 30.0. The molecule has 2 heterocycles. The zero-order valence-electron chi connectivity index (χ0n) is 11.3. The number of rotatable bonds is 3. The Bertz CT molecular complexity index is 461. The molecule has 2 atom stereocenters. The highest BCUT2D eigenvalue weighted by Gasteiger charge is 2.32. The number of hydrogen-bond acceptors (Lipinski definition) is 3. The van der Waals surface area contributed by atoms with Gasteiger partial charge in [0.05, 0.1) is 0 Å². The predicted octanol–water partition coefficient (Wildman–Crippen LogP) is 1.10. The fourth-order valence-corrected chi connectivity index (χ4v) is 2.31. The molecule has 2 rings (SSSR count). The van der Waals surface area contributed by atoms with Crippen LogP contribution in [0.3, 0.4) is 0 Å². The van der Waals surface area contributed by atoms with E-state index in [0.29, 0.717) is 19.4 Å². The summed E-state index contributed by atoms with van der Waals surface area (Å²) in [6.07, 6.45) is 4.42. The third-order valence-electron chi connectivity index (χ3n) is 3.41. The van der Waals surface area contributed by atoms with Gasteiger partial charge in [0, 0.05) is 31.4 Å². The van der Waals surface area contributed by atoms with Gasteiger partial charge in [-0.05, 0) is 25.0 Å². The van der Waals surface area contributed by atoms with Crippen LogP contribution in [0.4, 0.5) is 0 Å². The minimum atomic E-state index is -0.408. The Morgan fingerprint density at radius 3 is 2.89 bits per heavy atom. The molecule has 1 saturated heterocycles. The molecular weight excluding hydrogens is 242 g/mol. The number of nitrogens with one attached hydrogen (secondary N) is 1. The van der Waals surface area contributed by atoms with Gasteiger partial charge in [0.2, 0.25) is 11.8 Å². The van der Waals surface area contributed by atoms with Crippen LogP contribution >= 0.6 is 0 Å². The molecule has 1 aromatic rings. The summed E-state index contributed by atoms with van der Waals surface area (Å²) in [5.41, 5.74) is 0.979. The van der Waals surface area contributed by atoms with Crippen molar-refractivity contribution in [3.63, 3.8) is 0 Å². The number of aromatic nitrogens is 1. The van der Waals surface area contributed by atoms with Gasteiger partial charge in [0.1, 0.15) is 6.04 Å². The highest BCUT2D eigenvalue weighted by molar-refractivity contribution is 5.90. The summed E-state index contributed by atoms with van der Waals surface area (Å²) in [5.74, 6) is -0.0638. The van der Waals surface area contributed by atoms with Gasteiger partial charge in [-0.15, -0.1) is 0 Å². The minimum Gasteiger partial charge on any atom is -0.344 e. The zero-order chi connectivity index (χ0) is 13.8. The lowest BCUT2D eigenvalue weighted by Crippen LogP contribution is -2.45. The molecule has 19 heavy (non-hydrogen) atoms. The second kappa shape index (κ2) is 5.82. The minimum absolute atomic E-state index is 0.00953. The molecule has 1 fully saturated rings. The fraction of sp³-hybridized carbons (Fsp3) is 0.500. The monoisotopic (exact) mass is 261 g/mol. The average Bonchev–Trinajstić information content (AvgIpc) is 2.51. The first-order valence-electron chi connectivity index (χ1n) is 6.60. The first kappa shape index (κ1) is 13.5. The Morgan fingerprint density at radius 2 is 2.26 bits per heavy atom. The normalized spacial score (nSPS) is 24.0. The molecule has 0 bridgehead atoms. The van der Waals surface area contributed by atoms with Crippen molar-refractivity contribution in [3.8, 4) is 0 Å². The van der Waals surface area contributed by atoms with Crippen LogP contribution in [0.2, 0.25) is 0 Å². The first-order valence-corrected chi connectivity index (χ1v) is 6.60. The van der Waals surface area contributed by atoms with Crippen molar-refractivity contribution in [2.24, 2.45) is 0 Å². The topological polar surface area (TPSA) is 62.3 Å². The molecule has 0 spiro atoms. The van der Waals surface area contributed by atoms with Crippen LogP contribution in [0, 0.1) is 0 Å². The lowest BCUT2D eigenvalue weighted by Gasteiger charge is -2.28. The highest BCUT2D eigenvalue weighted by Crippen LogP contribution is 2.16. The maximum atomic E-state index is 12.4. The van der Waals surface area contributed by atoms with Crippen LogP contribution < -0.4 is 5.32 Å². The van der Waals surface area contributed by atoms with E-state index in [1.807, 2.05) is 26.0 Å². The maximum absolute atomic E-state index is 12.4. The molecule has 0 saturated carbocycles. The lowest BCUT2D eigenvalue weighted by atomic mass is 10.1. The molecule has 1 aliphatic rings. The van der Waals surface area contributed by atoms with E-state index in [1.165, 1.54) is 0 Å². The van der Waals surface area contributed by atoms with Crippen LogP contribution in [0.15, 0.2) is 24.5 Å². The van der Waals surface area contributed by atoms with E-state index < -0.39 is 6.04 Å². The van der Waals surface area contributed by atoms with Gasteiger partial charge in [-0.1, -0.05) is 13.0 Å². The Labute approximate surface area is 113 Å². The molecule has 0 aromatic carbocycles. The van der Waals surface area contributed by atoms with Gasteiger partial charge in [0.15, 0.2) is 0 Å². The van der Waals surface area contributed by atoms with Gasteiger partial charge < -0.3 is 10.2 Å². The summed E-state index contributed by atoms with van der Waals surface area (Å²) in [6, 6.07) is 3.29. The summed E-state index contributed by atoms with van der Waals surface area (Å²) in [5, 5.41) is 2.78. The molecule has 0 radical (unpaired) electrons. The Kier molecular flexibility index (Phi) is 4.14. The third kappa shape index (κ3) is 3.10. The van der Waals surface area contributed by atoms with E-state index >= 15 is 0 Å². The molecule has 5 heteroatoms. The SMILES string of the molecule is CCC1NC(=O)CC(C)N(Cc2cccnc2)C1=O. The lowest BCUT2D eigenvalue weighted by molar-refractivity contribution is -0.135. The van der Waals surface area contributed by atoms with E-state index in [-0.39, 0.29) is 17.9 Å². The summed E-state index contributed by atoms with van der Waals surface area (Å²) in [7, 11) is 0. The molecule has 2 amide bonds. The summed E-state index contributed by atoms with van der Waals surface area (Å²) < 4.78 is 0. The maximum Gasteiger partial charge on any atom is 0.245 e. The van der Waals surface area contributed by atoms with Gasteiger partial charge in [-0.3, -0.25) is 14.6 Å². The zero-order valence-corrected chi connectivity index (χ0v) is 11.3. The predicted molar refractivity (Wildman–Crippen MR) is 71.1 cm³/mol. The van der Waals surface area contributed by atoms with Crippen molar-refractivity contribution < 1.29 is 9.59 Å². The van der Waals surface area contributed by atoms with E-state index in [0.717, 1.165) is 5.56 Å². The van der Waals surface area contributed by atoms with Crippen LogP contribution in [0.5, 0.6) is 0 Å². The number of hydrogen-bond donors (Lipinski definition) is 1. The first-order chi connectivity index (χ1) is 9.11. The molecule has 1 aliphatic heterocycles. The molecule has 102 valence electrons. The number of carbonyl (C=O) groups excluding carboxylic acids is 2. The third-order valence-corrected chi connectivity index (χ3v) is 3.41. The number of nitrogens with zero attached hydrogens (tertiary/aromatic N) is 2. The van der Waals surface area contributed by atoms with Crippen molar-refractivity contribution in [1.29, 1.82) is 0 Å². The van der Waals surface area contributed by atoms with Crippen molar-refractivity contribution in [3.05, 3.63) is 30.1 Å². The second-order valence-corrected chi connectivity index (χ2v) is 4.91. The van der Waals surface area contributed by atoms with E-state index in [9.17, 15) is 9.59 Å². The van der Waals surface area contributed by atoms with Crippen LogP contribution in [-0.2, 0) is 16.1 Å². The van der Waals surface area contributed by atoms with Gasteiger partial charge >= 0.3 is 0 Å². The molecule has 1 N–H and O–H groups in total. The molecule has 5 nitrogen and oxygen atoms in total. The van der Waals surface area contributed by atoms with Crippen molar-refractivity contribution in [2.75, 3.05) is 0 Å². The Hall–Kier alpha value is -1.91. The van der Waals surface area contributed by atoms with Gasteiger partial charge in [-0.25, -0.2) is 0 Å². The molecule has 1 aromatic heterocycles. The quantitative estimate of drug-likeness (QED) is 0.886. The smallest absolute Gasteiger partial charge is 0.245 e. The Morgan fingerprint density at radius 1 is 1.47 bits per heavy atom. The summed E-state index contributed by atoms with van der Waals surface area (Å²) >= 11 is 0. The van der Waals surface area contributed by atoms with Crippen molar-refractivity contribution in [2.45, 2.75) is 45.3 Å². The summed E-state index contributed by atoms with van der Waals surface area (Å²) in [6.45, 7) is 4.31. The number of amides is 2. The van der Waals surface area contributed by atoms with Crippen molar-refractivity contribution >= 4 is 11.8 Å². The van der Waals surface area contributed by atoms with Crippen LogP contribution in [0.1, 0.15) is 32.3 Å². The molecule has 2 unspecified atom stereocenters. The average molecular weight is 261 g/mol. The van der Waals surface area contributed by atoms with Gasteiger partial charge in [0.25, 0.3) is 0 Å². The molecule has 0 aliphatic carbocycles. The largest absolute Gasteiger partial charge is 0.344 e. The highest BCUT2D eigenvalue weighted by atomic mass is 16.2. The van der Waals surface area contributed by atoms with E-state index in [2.05, 4.69) is 10.3 Å². The number of carbonyl (C=O) groups is 2. The standard InChI is InChI=1S/C14H19N3O2/c1-3-12-14(19)17(10(2)7-13(18)16-12)9-11-5-4-6-15-8-11/h4-6,8,10,12H,3,7,9H2,1-2H3,(H,16,18). The van der Waals surface area contributed by atoms with E-state index in [1.54, 1.807) is 17.3 Å². The Balaban J connectivity index is 2.20. The van der Waals surface area contributed by atoms with Crippen molar-refractivity contribution in [1.82, 2.24) is 15.2 Å². The van der Waals surface area contributed by atoms with Gasteiger partial charge in [-0.2, -0.15) is 0 Å². The second-order valence-electron chi connectivity index (χ2n) is 4.91. The van der Waals surface area contributed by atoms with Crippen LogP contribution in [-0.4, -0.2) is 33.8 Å². The fourth-order valence-electron chi connectivity index (χ4n) is 2.31. The van der Waals surface area contributed by atoms with Crippen LogP contribution in [0.25, 0.3) is 0 Å².